The van der Waals surface area contributed by atoms with Crippen molar-refractivity contribution in [1.29, 1.82) is 0 Å². The number of nitrogens with zero attached hydrogens (tertiary/aromatic N) is 1. The lowest BCUT2D eigenvalue weighted by molar-refractivity contribution is -0.117. The number of carbonyl (C=O) groups excluding carboxylic acids is 1. The normalized spacial score (nSPS) is 36.3. The minimum absolute atomic E-state index is 0.0496. The summed E-state index contributed by atoms with van der Waals surface area (Å²) < 4.78 is 20.7. The Hall–Kier alpha value is -0.440. The fraction of sp³-hybridized carbons (Fsp3) is 0.800. The molecule has 0 aromatic heterocycles. The fourth-order valence-corrected chi connectivity index (χ4v) is 5.41. The molecule has 0 spiro atoms. The zero-order chi connectivity index (χ0) is 14.8. The summed E-state index contributed by atoms with van der Waals surface area (Å²) in [6.07, 6.45) is 6.14. The van der Waals surface area contributed by atoms with Crippen LogP contribution in [-0.2, 0) is 13.9 Å². The average molecular weight is 299 g/mol. The molecule has 114 valence electrons. The standard InChI is InChI=1S/C15H26NO3P/c1-12(2)16-9-8-13(3)19-20(16,18)10-4-5-14-6-7-15(17)11-14/h4,10,12-14H,5-9,11H2,1-3H3/b10-4+/t13-,14?,20-/m0/s1. The summed E-state index contributed by atoms with van der Waals surface area (Å²) in [5, 5.41) is 0. The van der Waals surface area contributed by atoms with E-state index in [0.717, 1.165) is 25.8 Å². The Morgan fingerprint density at radius 1 is 1.45 bits per heavy atom. The van der Waals surface area contributed by atoms with E-state index in [2.05, 4.69) is 13.8 Å². The molecule has 20 heavy (non-hydrogen) atoms. The van der Waals surface area contributed by atoms with Crippen LogP contribution >= 0.6 is 7.52 Å². The topological polar surface area (TPSA) is 46.6 Å². The quantitative estimate of drug-likeness (QED) is 0.737. The van der Waals surface area contributed by atoms with E-state index in [1.165, 1.54) is 0 Å². The minimum atomic E-state index is -2.84. The van der Waals surface area contributed by atoms with Crippen molar-refractivity contribution in [2.24, 2.45) is 5.92 Å². The maximum absolute atomic E-state index is 13.0. The number of Topliss-reactive ketones (excluding diaryl/α,β-unsaturated/α-hetero) is 1. The van der Waals surface area contributed by atoms with E-state index in [9.17, 15) is 9.36 Å². The highest BCUT2D eigenvalue weighted by atomic mass is 31.2. The first kappa shape index (κ1) is 15.9. The second-order valence-corrected chi connectivity index (χ2v) is 8.44. The predicted octanol–water partition coefficient (Wildman–Crippen LogP) is 3.97. The van der Waals surface area contributed by atoms with E-state index in [1.807, 2.05) is 17.7 Å². The van der Waals surface area contributed by atoms with Crippen LogP contribution < -0.4 is 0 Å². The summed E-state index contributed by atoms with van der Waals surface area (Å²) in [5.41, 5.74) is 0. The Morgan fingerprint density at radius 3 is 2.80 bits per heavy atom. The van der Waals surface area contributed by atoms with Crippen LogP contribution in [0.5, 0.6) is 0 Å². The van der Waals surface area contributed by atoms with Gasteiger partial charge in [-0.15, -0.1) is 0 Å². The Balaban J connectivity index is 1.99. The number of allylic oxidation sites excluding steroid dienone is 1. The lowest BCUT2D eigenvalue weighted by Gasteiger charge is -2.38. The monoisotopic (exact) mass is 299 g/mol. The van der Waals surface area contributed by atoms with E-state index in [1.54, 1.807) is 5.82 Å². The van der Waals surface area contributed by atoms with E-state index < -0.39 is 7.52 Å². The van der Waals surface area contributed by atoms with Crippen molar-refractivity contribution < 1.29 is 13.9 Å². The third kappa shape index (κ3) is 3.81. The Morgan fingerprint density at radius 2 is 2.20 bits per heavy atom. The second-order valence-electron chi connectivity index (χ2n) is 6.29. The van der Waals surface area contributed by atoms with Gasteiger partial charge in [0, 0.05) is 31.2 Å². The maximum Gasteiger partial charge on any atom is 0.295 e. The van der Waals surface area contributed by atoms with Crippen LogP contribution in [0.15, 0.2) is 11.9 Å². The van der Waals surface area contributed by atoms with Crippen LogP contribution in [0.1, 0.15) is 52.9 Å². The summed E-state index contributed by atoms with van der Waals surface area (Å²) in [6.45, 7) is 6.90. The van der Waals surface area contributed by atoms with Gasteiger partial charge in [-0.25, -0.2) is 4.67 Å². The van der Waals surface area contributed by atoms with E-state index in [4.69, 9.17) is 4.52 Å². The average Bonchev–Trinajstić information content (AvgIpc) is 2.74. The molecular formula is C15H26NO3P. The Bertz CT molecular complexity index is 433. The van der Waals surface area contributed by atoms with Crippen molar-refractivity contribution in [3.63, 3.8) is 0 Å². The first-order valence-electron chi connectivity index (χ1n) is 7.65. The molecule has 1 heterocycles. The summed E-state index contributed by atoms with van der Waals surface area (Å²) in [5.74, 6) is 2.56. The molecule has 0 bridgehead atoms. The molecule has 1 saturated heterocycles. The van der Waals surface area contributed by atoms with E-state index in [0.29, 0.717) is 24.5 Å². The van der Waals surface area contributed by atoms with Gasteiger partial charge in [-0.05, 0) is 46.0 Å². The molecule has 1 aliphatic heterocycles. The highest BCUT2D eigenvalue weighted by molar-refractivity contribution is 7.59. The minimum Gasteiger partial charge on any atom is -0.311 e. The van der Waals surface area contributed by atoms with Crippen LogP contribution in [0, 0.1) is 5.92 Å². The molecule has 2 fully saturated rings. The lowest BCUT2D eigenvalue weighted by atomic mass is 10.0. The molecule has 1 aliphatic carbocycles. The van der Waals surface area contributed by atoms with Gasteiger partial charge in [0.15, 0.2) is 0 Å². The first-order valence-corrected chi connectivity index (χ1v) is 9.30. The van der Waals surface area contributed by atoms with Gasteiger partial charge in [0.1, 0.15) is 5.78 Å². The van der Waals surface area contributed by atoms with Crippen LogP contribution in [0.4, 0.5) is 0 Å². The number of carbonyl (C=O) groups is 1. The summed E-state index contributed by atoms with van der Waals surface area (Å²) in [6, 6.07) is 0.214. The van der Waals surface area contributed by atoms with Gasteiger partial charge >= 0.3 is 0 Å². The van der Waals surface area contributed by atoms with Crippen molar-refractivity contribution in [2.45, 2.75) is 65.0 Å². The smallest absolute Gasteiger partial charge is 0.295 e. The molecule has 2 aliphatic rings. The third-order valence-electron chi connectivity index (χ3n) is 4.16. The molecule has 0 N–H and O–H groups in total. The summed E-state index contributed by atoms with van der Waals surface area (Å²) in [7, 11) is -2.84. The van der Waals surface area contributed by atoms with E-state index >= 15 is 0 Å². The molecule has 0 amide bonds. The van der Waals surface area contributed by atoms with Gasteiger partial charge in [-0.2, -0.15) is 0 Å². The zero-order valence-electron chi connectivity index (χ0n) is 12.7. The Labute approximate surface area is 122 Å². The van der Waals surface area contributed by atoms with Crippen LogP contribution in [0.25, 0.3) is 0 Å². The number of hydrogen-bond donors (Lipinski definition) is 0. The summed E-state index contributed by atoms with van der Waals surface area (Å²) >= 11 is 0. The highest BCUT2D eigenvalue weighted by Gasteiger charge is 2.37. The largest absolute Gasteiger partial charge is 0.311 e. The molecule has 1 unspecified atom stereocenters. The van der Waals surface area contributed by atoms with Gasteiger partial charge in [-0.1, -0.05) is 6.08 Å². The van der Waals surface area contributed by atoms with Crippen molar-refractivity contribution >= 4 is 13.3 Å². The fourth-order valence-electron chi connectivity index (χ4n) is 3.00. The molecule has 2 rings (SSSR count). The second kappa shape index (κ2) is 6.55. The van der Waals surface area contributed by atoms with Gasteiger partial charge in [0.2, 0.25) is 0 Å². The lowest BCUT2D eigenvalue weighted by Crippen LogP contribution is -2.36. The van der Waals surface area contributed by atoms with Crippen LogP contribution in [0.3, 0.4) is 0 Å². The number of ketones is 1. The molecule has 0 radical (unpaired) electrons. The van der Waals surface area contributed by atoms with Crippen molar-refractivity contribution in [3.05, 3.63) is 11.9 Å². The number of hydrogen-bond acceptors (Lipinski definition) is 3. The summed E-state index contributed by atoms with van der Waals surface area (Å²) in [4.78, 5) is 11.3. The predicted molar refractivity (Wildman–Crippen MR) is 80.7 cm³/mol. The molecule has 0 aromatic rings. The zero-order valence-corrected chi connectivity index (χ0v) is 13.6. The molecule has 3 atom stereocenters. The third-order valence-corrected chi connectivity index (χ3v) is 6.79. The molecular weight excluding hydrogens is 273 g/mol. The van der Waals surface area contributed by atoms with Crippen LogP contribution in [-0.4, -0.2) is 29.1 Å². The maximum atomic E-state index is 13.0. The molecule has 0 aromatic carbocycles. The number of rotatable bonds is 4. The van der Waals surface area contributed by atoms with Gasteiger partial charge in [0.25, 0.3) is 7.52 Å². The Kier molecular flexibility index (Phi) is 5.22. The van der Waals surface area contributed by atoms with Gasteiger partial charge in [-0.3, -0.25) is 9.36 Å². The van der Waals surface area contributed by atoms with Gasteiger partial charge < -0.3 is 4.52 Å². The van der Waals surface area contributed by atoms with Crippen molar-refractivity contribution in [1.82, 2.24) is 4.67 Å². The molecule has 1 saturated carbocycles. The van der Waals surface area contributed by atoms with Crippen molar-refractivity contribution in [3.8, 4) is 0 Å². The van der Waals surface area contributed by atoms with E-state index in [-0.39, 0.29) is 12.1 Å². The van der Waals surface area contributed by atoms with Crippen LogP contribution in [0.2, 0.25) is 0 Å². The first-order chi connectivity index (χ1) is 9.40. The highest BCUT2D eigenvalue weighted by Crippen LogP contribution is 2.57. The SMILES string of the molecule is CC(C)N1CC[C@H](C)O[P@@]1(=O)/C=C/CC1CCC(=O)C1. The van der Waals surface area contributed by atoms with Crippen molar-refractivity contribution in [2.75, 3.05) is 6.54 Å². The molecule has 4 nitrogen and oxygen atoms in total. The molecule has 5 heteroatoms. The van der Waals surface area contributed by atoms with Gasteiger partial charge in [0.05, 0.1) is 6.10 Å².